The molecule has 1 unspecified atom stereocenters. The van der Waals surface area contributed by atoms with E-state index >= 15 is 0 Å². The van der Waals surface area contributed by atoms with Gasteiger partial charge in [0.2, 0.25) is 0 Å². The van der Waals surface area contributed by atoms with Crippen LogP contribution in [0.15, 0.2) is 47.6 Å². The molecule has 0 radical (unpaired) electrons. The fourth-order valence-electron chi connectivity index (χ4n) is 5.02. The number of hydrogen-bond acceptors (Lipinski definition) is 7. The zero-order valence-electron chi connectivity index (χ0n) is 20.0. The van der Waals surface area contributed by atoms with Crippen molar-refractivity contribution in [2.45, 2.75) is 31.1 Å². The maximum absolute atomic E-state index is 13.9. The number of piperidine rings is 1. The second-order valence-corrected chi connectivity index (χ2v) is 9.01. The molecule has 186 valence electrons. The molecule has 1 atom stereocenters. The van der Waals surface area contributed by atoms with Crippen LogP contribution >= 0.6 is 0 Å². The van der Waals surface area contributed by atoms with Crippen molar-refractivity contribution in [3.05, 3.63) is 59.4 Å². The molecule has 0 bridgehead atoms. The van der Waals surface area contributed by atoms with Gasteiger partial charge in [-0.1, -0.05) is 12.1 Å². The van der Waals surface area contributed by atoms with E-state index in [-0.39, 0.29) is 24.3 Å². The Morgan fingerprint density at radius 1 is 1.11 bits per heavy atom. The maximum Gasteiger partial charge on any atom is 0.257 e. The van der Waals surface area contributed by atoms with Gasteiger partial charge in [0.1, 0.15) is 17.3 Å². The first-order valence-electron chi connectivity index (χ1n) is 11.9. The van der Waals surface area contributed by atoms with Crippen LogP contribution in [0.5, 0.6) is 11.5 Å². The summed E-state index contributed by atoms with van der Waals surface area (Å²) in [6, 6.07) is 11.5. The van der Waals surface area contributed by atoms with Gasteiger partial charge in [0.25, 0.3) is 5.91 Å². The smallest absolute Gasteiger partial charge is 0.257 e. The van der Waals surface area contributed by atoms with E-state index in [1.54, 1.807) is 26.4 Å². The number of carbonyl (C=O) groups excluding carboxylic acids is 1. The highest BCUT2D eigenvalue weighted by Crippen LogP contribution is 2.39. The lowest BCUT2D eigenvalue weighted by molar-refractivity contribution is -0.186. The summed E-state index contributed by atoms with van der Waals surface area (Å²) in [5, 5.41) is 6.21. The first-order chi connectivity index (χ1) is 17.0. The Kier molecular flexibility index (Phi) is 6.73. The van der Waals surface area contributed by atoms with Crippen molar-refractivity contribution in [1.29, 1.82) is 0 Å². The minimum Gasteiger partial charge on any atom is -0.497 e. The van der Waals surface area contributed by atoms with E-state index in [4.69, 9.17) is 18.9 Å². The van der Waals surface area contributed by atoms with Crippen molar-refractivity contribution < 1.29 is 28.1 Å². The quantitative estimate of drug-likeness (QED) is 0.628. The molecule has 0 N–H and O–H groups in total. The molecule has 2 aromatic rings. The zero-order valence-corrected chi connectivity index (χ0v) is 20.0. The van der Waals surface area contributed by atoms with Gasteiger partial charge in [0, 0.05) is 49.5 Å². The molecule has 2 saturated heterocycles. The third-order valence-corrected chi connectivity index (χ3v) is 6.91. The van der Waals surface area contributed by atoms with Crippen LogP contribution in [0.3, 0.4) is 0 Å². The molecule has 35 heavy (non-hydrogen) atoms. The summed E-state index contributed by atoms with van der Waals surface area (Å²) in [5.74, 6) is 0.315. The molecule has 1 spiro atoms. The summed E-state index contributed by atoms with van der Waals surface area (Å²) >= 11 is 0. The largest absolute Gasteiger partial charge is 0.497 e. The van der Waals surface area contributed by atoms with Crippen LogP contribution in [0.1, 0.15) is 36.4 Å². The van der Waals surface area contributed by atoms with Crippen LogP contribution in [0.4, 0.5) is 4.39 Å². The molecule has 3 aliphatic heterocycles. The van der Waals surface area contributed by atoms with E-state index in [2.05, 4.69) is 10.0 Å². The van der Waals surface area contributed by atoms with Crippen LogP contribution in [0, 0.1) is 5.82 Å². The maximum atomic E-state index is 13.9. The van der Waals surface area contributed by atoms with Crippen molar-refractivity contribution in [2.75, 3.05) is 47.1 Å². The number of halogens is 1. The minimum absolute atomic E-state index is 0.122. The summed E-state index contributed by atoms with van der Waals surface area (Å²) in [5.41, 5.74) is 2.14. The number of amides is 1. The number of likely N-dealkylation sites (tertiary alicyclic amines) is 1. The SMILES string of the molecule is COc1ccc(C2CC(c3cccc(F)c3)=NN2C(=O)CN2CCC3(CC2)OCCO3)c(OC)c1. The van der Waals surface area contributed by atoms with E-state index in [9.17, 15) is 9.18 Å². The van der Waals surface area contributed by atoms with Gasteiger partial charge in [-0.2, -0.15) is 5.10 Å². The van der Waals surface area contributed by atoms with Crippen LogP contribution in [0.2, 0.25) is 0 Å². The van der Waals surface area contributed by atoms with Gasteiger partial charge < -0.3 is 18.9 Å². The molecule has 3 heterocycles. The number of nitrogens with zero attached hydrogens (tertiary/aromatic N) is 3. The van der Waals surface area contributed by atoms with Crippen molar-refractivity contribution in [3.63, 3.8) is 0 Å². The highest BCUT2D eigenvalue weighted by molar-refractivity contribution is 6.03. The molecule has 3 aliphatic rings. The first-order valence-corrected chi connectivity index (χ1v) is 11.9. The molecule has 0 aliphatic carbocycles. The summed E-state index contributed by atoms with van der Waals surface area (Å²) in [6.07, 6.45) is 1.91. The van der Waals surface area contributed by atoms with Gasteiger partial charge in [-0.05, 0) is 24.3 Å². The first kappa shape index (κ1) is 23.7. The second kappa shape index (κ2) is 9.93. The van der Waals surface area contributed by atoms with Gasteiger partial charge in [-0.3, -0.25) is 9.69 Å². The van der Waals surface area contributed by atoms with E-state index in [0.717, 1.165) is 18.4 Å². The van der Waals surface area contributed by atoms with Gasteiger partial charge in [-0.15, -0.1) is 0 Å². The van der Waals surface area contributed by atoms with Crippen molar-refractivity contribution in [2.24, 2.45) is 5.10 Å². The number of ether oxygens (including phenoxy) is 4. The zero-order chi connectivity index (χ0) is 24.4. The number of methoxy groups -OCH3 is 2. The van der Waals surface area contributed by atoms with E-state index < -0.39 is 5.79 Å². The lowest BCUT2D eigenvalue weighted by atomic mass is 9.97. The predicted molar refractivity (Wildman–Crippen MR) is 127 cm³/mol. The summed E-state index contributed by atoms with van der Waals surface area (Å²) in [6.45, 7) is 2.88. The van der Waals surface area contributed by atoms with Crippen LogP contribution in [-0.2, 0) is 14.3 Å². The Morgan fingerprint density at radius 3 is 2.57 bits per heavy atom. The Bertz CT molecular complexity index is 1110. The fourth-order valence-corrected chi connectivity index (χ4v) is 5.02. The molecule has 2 aromatic carbocycles. The van der Waals surface area contributed by atoms with Crippen molar-refractivity contribution in [3.8, 4) is 11.5 Å². The van der Waals surface area contributed by atoms with E-state index in [1.807, 2.05) is 18.2 Å². The van der Waals surface area contributed by atoms with Crippen molar-refractivity contribution >= 4 is 11.6 Å². The molecule has 5 rings (SSSR count). The normalized spacial score (nSPS) is 21.9. The monoisotopic (exact) mass is 483 g/mol. The molecule has 0 aromatic heterocycles. The summed E-state index contributed by atoms with van der Waals surface area (Å²) in [7, 11) is 3.18. The lowest BCUT2D eigenvalue weighted by Gasteiger charge is -2.37. The standard InChI is InChI=1S/C26H30FN3O5/c1-32-20-6-7-21(24(15-20)33-2)23-16-22(18-4-3-5-19(27)14-18)28-30(23)25(31)17-29-10-8-26(9-11-29)34-12-13-35-26/h3-7,14-15,23H,8-13,16-17H2,1-2H3. The van der Waals surface area contributed by atoms with Gasteiger partial charge >= 0.3 is 0 Å². The Morgan fingerprint density at radius 2 is 1.89 bits per heavy atom. The van der Waals surface area contributed by atoms with E-state index in [0.29, 0.717) is 55.5 Å². The summed E-state index contributed by atoms with van der Waals surface area (Å²) in [4.78, 5) is 15.7. The van der Waals surface area contributed by atoms with E-state index in [1.165, 1.54) is 17.1 Å². The van der Waals surface area contributed by atoms with Crippen LogP contribution in [0.25, 0.3) is 0 Å². The molecular formula is C26H30FN3O5. The number of hydrogen-bond donors (Lipinski definition) is 0. The van der Waals surface area contributed by atoms with Gasteiger partial charge in [0.15, 0.2) is 5.79 Å². The molecular weight excluding hydrogens is 453 g/mol. The molecule has 9 heteroatoms. The van der Waals surface area contributed by atoms with Crippen LogP contribution < -0.4 is 9.47 Å². The minimum atomic E-state index is -0.491. The Hall–Kier alpha value is -3.01. The molecule has 8 nitrogen and oxygen atoms in total. The summed E-state index contributed by atoms with van der Waals surface area (Å²) < 4.78 is 36.5. The second-order valence-electron chi connectivity index (χ2n) is 9.01. The molecule has 2 fully saturated rings. The number of hydrazone groups is 1. The molecule has 0 saturated carbocycles. The van der Waals surface area contributed by atoms with Crippen LogP contribution in [-0.4, -0.2) is 74.4 Å². The average Bonchev–Trinajstić information content (AvgIpc) is 3.53. The topological polar surface area (TPSA) is 72.8 Å². The fraction of sp³-hybridized carbons (Fsp3) is 0.462. The number of benzene rings is 2. The highest BCUT2D eigenvalue weighted by Gasteiger charge is 2.41. The Balaban J connectivity index is 1.39. The molecule has 1 amide bonds. The third-order valence-electron chi connectivity index (χ3n) is 6.91. The highest BCUT2D eigenvalue weighted by atomic mass is 19.1. The predicted octanol–water partition coefficient (Wildman–Crippen LogP) is 3.36. The van der Waals surface area contributed by atoms with Gasteiger partial charge in [0.05, 0.1) is 45.7 Å². The number of rotatable bonds is 6. The van der Waals surface area contributed by atoms with Gasteiger partial charge in [-0.25, -0.2) is 9.40 Å². The average molecular weight is 484 g/mol. The van der Waals surface area contributed by atoms with Crippen molar-refractivity contribution in [1.82, 2.24) is 9.91 Å². The Labute approximate surface area is 204 Å². The number of carbonyl (C=O) groups is 1. The lowest BCUT2D eigenvalue weighted by Crippen LogP contribution is -2.48. The third kappa shape index (κ3) is 4.89.